The predicted molar refractivity (Wildman–Crippen MR) is 82.3 cm³/mol. The van der Waals surface area contributed by atoms with Crippen LogP contribution in [-0.4, -0.2) is 53.6 Å². The van der Waals surface area contributed by atoms with Crippen molar-refractivity contribution < 1.29 is 0 Å². The highest BCUT2D eigenvalue weighted by atomic mass is 15.3. The monoisotopic (exact) mass is 273 g/mol. The van der Waals surface area contributed by atoms with Crippen molar-refractivity contribution in [2.24, 2.45) is 5.73 Å². The van der Waals surface area contributed by atoms with Gasteiger partial charge in [0.15, 0.2) is 5.82 Å². The van der Waals surface area contributed by atoms with Crippen LogP contribution in [0.2, 0.25) is 0 Å². The molecule has 0 amide bonds. The number of nitrogens with zero attached hydrogens (tertiary/aromatic N) is 4. The summed E-state index contributed by atoms with van der Waals surface area (Å²) in [5.41, 5.74) is 8.04. The Hall–Kier alpha value is -1.59. The number of pyridine rings is 1. The quantitative estimate of drug-likeness (QED) is 0.905. The normalized spacial score (nSPS) is 20.8. The van der Waals surface area contributed by atoms with E-state index in [1.54, 1.807) is 0 Å². The van der Waals surface area contributed by atoms with Crippen LogP contribution in [0.25, 0.3) is 5.65 Å². The van der Waals surface area contributed by atoms with E-state index < -0.39 is 0 Å². The lowest BCUT2D eigenvalue weighted by atomic mass is 10.2. The summed E-state index contributed by atoms with van der Waals surface area (Å²) in [6.07, 6.45) is 2.94. The Labute approximate surface area is 120 Å². The molecule has 0 saturated carbocycles. The number of piperazine rings is 1. The van der Waals surface area contributed by atoms with E-state index >= 15 is 0 Å². The van der Waals surface area contributed by atoms with Gasteiger partial charge in [0.05, 0.1) is 5.69 Å². The Kier molecular flexibility index (Phi) is 3.63. The second kappa shape index (κ2) is 5.42. The summed E-state index contributed by atoms with van der Waals surface area (Å²) in [7, 11) is 2.18. The molecule has 108 valence electrons. The third-order valence-corrected chi connectivity index (χ3v) is 4.09. The van der Waals surface area contributed by atoms with Gasteiger partial charge in [-0.25, -0.2) is 4.98 Å². The first-order chi connectivity index (χ1) is 9.70. The van der Waals surface area contributed by atoms with Crippen molar-refractivity contribution >= 4 is 11.5 Å². The van der Waals surface area contributed by atoms with E-state index in [0.29, 0.717) is 12.6 Å². The van der Waals surface area contributed by atoms with E-state index in [1.165, 1.54) is 5.69 Å². The number of aromatic nitrogens is 2. The molecule has 0 spiro atoms. The zero-order chi connectivity index (χ0) is 14.1. The van der Waals surface area contributed by atoms with Crippen LogP contribution in [0.1, 0.15) is 12.6 Å². The minimum Gasteiger partial charge on any atom is -0.350 e. The van der Waals surface area contributed by atoms with Gasteiger partial charge in [-0.1, -0.05) is 6.07 Å². The number of anilines is 1. The highest BCUT2D eigenvalue weighted by Crippen LogP contribution is 2.25. The zero-order valence-corrected chi connectivity index (χ0v) is 12.3. The van der Waals surface area contributed by atoms with Gasteiger partial charge in [-0.2, -0.15) is 0 Å². The van der Waals surface area contributed by atoms with Gasteiger partial charge in [-0.05, 0) is 32.6 Å². The highest BCUT2D eigenvalue weighted by molar-refractivity contribution is 5.57. The van der Waals surface area contributed by atoms with E-state index in [1.807, 2.05) is 12.1 Å². The number of imidazole rings is 1. The topological polar surface area (TPSA) is 49.8 Å². The van der Waals surface area contributed by atoms with Gasteiger partial charge in [-0.15, -0.1) is 0 Å². The second-order valence-corrected chi connectivity index (χ2v) is 5.65. The van der Waals surface area contributed by atoms with Crippen molar-refractivity contribution in [2.45, 2.75) is 19.4 Å². The van der Waals surface area contributed by atoms with Gasteiger partial charge in [0, 0.05) is 38.3 Å². The molecule has 20 heavy (non-hydrogen) atoms. The van der Waals surface area contributed by atoms with E-state index in [-0.39, 0.29) is 0 Å². The standard InChI is InChI=1S/C15H23N5/c1-12-11-18(2)9-10-19(12)15-13(6-7-16)20-8-4-3-5-14(20)17-15/h3-5,8,12H,6-7,9-11,16H2,1-2H3. The molecule has 0 bridgehead atoms. The van der Waals surface area contributed by atoms with Gasteiger partial charge in [-0.3, -0.25) is 0 Å². The van der Waals surface area contributed by atoms with Gasteiger partial charge < -0.3 is 19.9 Å². The third-order valence-electron chi connectivity index (χ3n) is 4.09. The molecule has 5 nitrogen and oxygen atoms in total. The molecule has 1 unspecified atom stereocenters. The fourth-order valence-electron chi connectivity index (χ4n) is 3.09. The van der Waals surface area contributed by atoms with E-state index in [4.69, 9.17) is 10.7 Å². The number of hydrogen-bond donors (Lipinski definition) is 1. The Morgan fingerprint density at radius 2 is 2.20 bits per heavy atom. The molecule has 5 heteroatoms. The smallest absolute Gasteiger partial charge is 0.151 e. The van der Waals surface area contributed by atoms with Gasteiger partial charge in [0.2, 0.25) is 0 Å². The number of hydrogen-bond acceptors (Lipinski definition) is 4. The Morgan fingerprint density at radius 1 is 1.35 bits per heavy atom. The first kappa shape index (κ1) is 13.4. The molecule has 2 N–H and O–H groups in total. The predicted octanol–water partition coefficient (Wildman–Crippen LogP) is 0.976. The average Bonchev–Trinajstić information content (AvgIpc) is 2.78. The van der Waals surface area contributed by atoms with Crippen molar-refractivity contribution in [3.05, 3.63) is 30.1 Å². The third kappa shape index (κ3) is 2.27. The lowest BCUT2D eigenvalue weighted by molar-refractivity contribution is 0.274. The fraction of sp³-hybridized carbons (Fsp3) is 0.533. The summed E-state index contributed by atoms with van der Waals surface area (Å²) in [4.78, 5) is 9.65. The summed E-state index contributed by atoms with van der Waals surface area (Å²) in [5.74, 6) is 1.11. The minimum atomic E-state index is 0.482. The highest BCUT2D eigenvalue weighted by Gasteiger charge is 2.26. The summed E-state index contributed by atoms with van der Waals surface area (Å²) < 4.78 is 2.17. The zero-order valence-electron chi connectivity index (χ0n) is 12.3. The molecular formula is C15H23N5. The van der Waals surface area contributed by atoms with Crippen molar-refractivity contribution in [1.82, 2.24) is 14.3 Å². The molecule has 3 heterocycles. The van der Waals surface area contributed by atoms with Gasteiger partial charge in [0.1, 0.15) is 5.65 Å². The number of rotatable bonds is 3. The number of fused-ring (bicyclic) bond motifs is 1. The molecule has 1 aliphatic heterocycles. The molecule has 1 saturated heterocycles. The summed E-state index contributed by atoms with van der Waals surface area (Å²) in [6, 6.07) is 6.62. The molecule has 1 atom stereocenters. The van der Waals surface area contributed by atoms with Crippen LogP contribution >= 0.6 is 0 Å². The lowest BCUT2D eigenvalue weighted by Gasteiger charge is -2.39. The lowest BCUT2D eigenvalue weighted by Crippen LogP contribution is -2.51. The molecule has 1 aliphatic rings. The van der Waals surface area contributed by atoms with E-state index in [0.717, 1.165) is 37.5 Å². The fourth-order valence-corrected chi connectivity index (χ4v) is 3.09. The molecule has 0 aliphatic carbocycles. The van der Waals surface area contributed by atoms with Crippen molar-refractivity contribution in [2.75, 3.05) is 38.1 Å². The SMILES string of the molecule is CC1CN(C)CCN1c1nc2ccccn2c1CCN. The van der Waals surface area contributed by atoms with Crippen LogP contribution in [0.15, 0.2) is 24.4 Å². The molecule has 3 rings (SSSR count). The maximum atomic E-state index is 5.80. The van der Waals surface area contributed by atoms with Crippen molar-refractivity contribution in [3.63, 3.8) is 0 Å². The molecule has 1 fully saturated rings. The maximum Gasteiger partial charge on any atom is 0.151 e. The summed E-state index contributed by atoms with van der Waals surface area (Å²) in [6.45, 7) is 6.11. The van der Waals surface area contributed by atoms with Crippen LogP contribution < -0.4 is 10.6 Å². The van der Waals surface area contributed by atoms with Gasteiger partial charge >= 0.3 is 0 Å². The number of nitrogens with two attached hydrogens (primary N) is 1. The minimum absolute atomic E-state index is 0.482. The number of likely N-dealkylation sites (N-methyl/N-ethyl adjacent to an activating group) is 1. The van der Waals surface area contributed by atoms with Crippen LogP contribution in [0.4, 0.5) is 5.82 Å². The molecule has 0 radical (unpaired) electrons. The van der Waals surface area contributed by atoms with Crippen molar-refractivity contribution in [3.8, 4) is 0 Å². The second-order valence-electron chi connectivity index (χ2n) is 5.65. The van der Waals surface area contributed by atoms with Crippen LogP contribution in [0, 0.1) is 0 Å². The average molecular weight is 273 g/mol. The van der Waals surface area contributed by atoms with Crippen molar-refractivity contribution in [1.29, 1.82) is 0 Å². The first-order valence-corrected chi connectivity index (χ1v) is 7.32. The van der Waals surface area contributed by atoms with E-state index in [2.05, 4.69) is 40.4 Å². The van der Waals surface area contributed by atoms with Crippen LogP contribution in [0.3, 0.4) is 0 Å². The van der Waals surface area contributed by atoms with Gasteiger partial charge in [0.25, 0.3) is 0 Å². The van der Waals surface area contributed by atoms with Crippen LogP contribution in [-0.2, 0) is 6.42 Å². The van der Waals surface area contributed by atoms with E-state index in [9.17, 15) is 0 Å². The Balaban J connectivity index is 2.03. The maximum absolute atomic E-state index is 5.80. The summed E-state index contributed by atoms with van der Waals surface area (Å²) >= 11 is 0. The van der Waals surface area contributed by atoms with Crippen LogP contribution in [0.5, 0.6) is 0 Å². The molecule has 2 aromatic heterocycles. The summed E-state index contributed by atoms with van der Waals surface area (Å²) in [5, 5.41) is 0. The molecule has 2 aromatic rings. The first-order valence-electron chi connectivity index (χ1n) is 7.32. The molecular weight excluding hydrogens is 250 g/mol. The molecule has 0 aromatic carbocycles. The Morgan fingerprint density at radius 3 is 2.95 bits per heavy atom. The Bertz CT molecular complexity index is 591. The largest absolute Gasteiger partial charge is 0.350 e.